The molecule has 4 heteroatoms. The summed E-state index contributed by atoms with van der Waals surface area (Å²) in [6, 6.07) is 0. The quantitative estimate of drug-likeness (QED) is 0.741. The van der Waals surface area contributed by atoms with E-state index in [1.807, 2.05) is 0 Å². The van der Waals surface area contributed by atoms with Crippen LogP contribution in [0.3, 0.4) is 0 Å². The van der Waals surface area contributed by atoms with Crippen LogP contribution in [0.5, 0.6) is 0 Å². The molecule has 0 saturated heterocycles. The smallest absolute Gasteiger partial charge is 0.223 e. The Morgan fingerprint density at radius 3 is 2.18 bits per heavy atom. The van der Waals surface area contributed by atoms with Crippen molar-refractivity contribution in [2.45, 2.75) is 71.1 Å². The molecule has 0 heterocycles. The number of carbonyl (C=O) groups excluding carboxylic acids is 2. The Balaban J connectivity index is 1.52. The summed E-state index contributed by atoms with van der Waals surface area (Å²) in [6.07, 6.45) is 11.3. The van der Waals surface area contributed by atoms with E-state index in [2.05, 4.69) is 17.6 Å². The summed E-state index contributed by atoms with van der Waals surface area (Å²) in [7, 11) is 0. The lowest BCUT2D eigenvalue weighted by Crippen LogP contribution is -2.38. The standard InChI is InChI=1S/C18H32N2O2/c1-14-7-9-16(10-8-14)18(22)20-12-11-19-17(21)13-15-5-3-2-4-6-15/h14-16H,2-13H2,1H3,(H,19,21)(H,20,22). The SMILES string of the molecule is CC1CCC(C(=O)NCCNC(=O)CC2CCCCC2)CC1. The molecule has 0 spiro atoms. The first-order valence-electron chi connectivity index (χ1n) is 9.19. The minimum atomic E-state index is 0.146. The largest absolute Gasteiger partial charge is 0.354 e. The number of hydrogen-bond donors (Lipinski definition) is 2. The Morgan fingerprint density at radius 2 is 1.50 bits per heavy atom. The van der Waals surface area contributed by atoms with Crippen LogP contribution in [-0.4, -0.2) is 24.9 Å². The first kappa shape index (κ1) is 17.3. The maximum Gasteiger partial charge on any atom is 0.223 e. The van der Waals surface area contributed by atoms with Crippen LogP contribution in [-0.2, 0) is 9.59 Å². The zero-order chi connectivity index (χ0) is 15.8. The van der Waals surface area contributed by atoms with E-state index in [4.69, 9.17) is 0 Å². The van der Waals surface area contributed by atoms with Crippen LogP contribution < -0.4 is 10.6 Å². The Labute approximate surface area is 134 Å². The van der Waals surface area contributed by atoms with E-state index in [1.165, 1.54) is 32.1 Å². The molecule has 2 saturated carbocycles. The van der Waals surface area contributed by atoms with Crippen LogP contribution >= 0.6 is 0 Å². The van der Waals surface area contributed by atoms with Crippen LogP contribution in [0.4, 0.5) is 0 Å². The zero-order valence-corrected chi connectivity index (χ0v) is 14.0. The van der Waals surface area contributed by atoms with Gasteiger partial charge in [0.05, 0.1) is 0 Å². The van der Waals surface area contributed by atoms with Gasteiger partial charge in [-0.05, 0) is 50.4 Å². The monoisotopic (exact) mass is 308 g/mol. The molecule has 2 amide bonds. The first-order chi connectivity index (χ1) is 10.6. The molecule has 0 atom stereocenters. The lowest BCUT2D eigenvalue weighted by atomic mass is 9.82. The second-order valence-corrected chi connectivity index (χ2v) is 7.31. The van der Waals surface area contributed by atoms with Crippen molar-refractivity contribution in [3.05, 3.63) is 0 Å². The molecule has 22 heavy (non-hydrogen) atoms. The van der Waals surface area contributed by atoms with Crippen LogP contribution in [0.2, 0.25) is 0 Å². The van der Waals surface area contributed by atoms with Crippen molar-refractivity contribution in [2.75, 3.05) is 13.1 Å². The highest BCUT2D eigenvalue weighted by atomic mass is 16.2. The first-order valence-corrected chi connectivity index (χ1v) is 9.19. The third-order valence-corrected chi connectivity index (χ3v) is 5.33. The summed E-state index contributed by atoms with van der Waals surface area (Å²) < 4.78 is 0. The van der Waals surface area contributed by atoms with Crippen LogP contribution in [0.15, 0.2) is 0 Å². The molecule has 126 valence electrons. The summed E-state index contributed by atoms with van der Waals surface area (Å²) in [6.45, 7) is 3.37. The minimum absolute atomic E-state index is 0.146. The fourth-order valence-corrected chi connectivity index (χ4v) is 3.78. The van der Waals surface area contributed by atoms with Gasteiger partial charge in [-0.25, -0.2) is 0 Å². The Hall–Kier alpha value is -1.06. The molecular formula is C18H32N2O2. The summed E-state index contributed by atoms with van der Waals surface area (Å²) in [5.74, 6) is 1.85. The van der Waals surface area contributed by atoms with Gasteiger partial charge in [0.2, 0.25) is 11.8 Å². The average molecular weight is 308 g/mol. The van der Waals surface area contributed by atoms with Gasteiger partial charge in [-0.2, -0.15) is 0 Å². The normalized spacial score (nSPS) is 26.4. The van der Waals surface area contributed by atoms with Crippen molar-refractivity contribution in [3.63, 3.8) is 0 Å². The van der Waals surface area contributed by atoms with E-state index in [0.29, 0.717) is 25.4 Å². The van der Waals surface area contributed by atoms with Crippen LogP contribution in [0, 0.1) is 17.8 Å². The molecule has 2 aliphatic rings. The average Bonchev–Trinajstić information content (AvgIpc) is 2.53. The van der Waals surface area contributed by atoms with Crippen molar-refractivity contribution in [1.82, 2.24) is 10.6 Å². The lowest BCUT2D eigenvalue weighted by Gasteiger charge is -2.25. The molecule has 0 radical (unpaired) electrons. The van der Waals surface area contributed by atoms with Gasteiger partial charge in [-0.15, -0.1) is 0 Å². The van der Waals surface area contributed by atoms with E-state index in [9.17, 15) is 9.59 Å². The highest BCUT2D eigenvalue weighted by Crippen LogP contribution is 2.28. The summed E-state index contributed by atoms with van der Waals surface area (Å²) in [5, 5.41) is 5.91. The molecule has 2 N–H and O–H groups in total. The molecule has 0 aromatic rings. The molecular weight excluding hydrogens is 276 g/mol. The maximum atomic E-state index is 12.0. The molecule has 4 nitrogen and oxygen atoms in total. The van der Waals surface area contributed by atoms with E-state index >= 15 is 0 Å². The van der Waals surface area contributed by atoms with Gasteiger partial charge >= 0.3 is 0 Å². The van der Waals surface area contributed by atoms with Crippen molar-refractivity contribution in [1.29, 1.82) is 0 Å². The van der Waals surface area contributed by atoms with Gasteiger partial charge < -0.3 is 10.6 Å². The third-order valence-electron chi connectivity index (χ3n) is 5.33. The molecule has 0 aromatic carbocycles. The fourth-order valence-electron chi connectivity index (χ4n) is 3.78. The van der Waals surface area contributed by atoms with E-state index < -0.39 is 0 Å². The van der Waals surface area contributed by atoms with Crippen LogP contribution in [0.1, 0.15) is 71.1 Å². The van der Waals surface area contributed by atoms with Crippen molar-refractivity contribution >= 4 is 11.8 Å². The lowest BCUT2D eigenvalue weighted by molar-refractivity contribution is -0.126. The van der Waals surface area contributed by atoms with E-state index in [-0.39, 0.29) is 17.7 Å². The van der Waals surface area contributed by atoms with Crippen LogP contribution in [0.25, 0.3) is 0 Å². The summed E-state index contributed by atoms with van der Waals surface area (Å²) in [4.78, 5) is 23.9. The molecule has 0 aliphatic heterocycles. The fraction of sp³-hybridized carbons (Fsp3) is 0.889. The van der Waals surface area contributed by atoms with Crippen molar-refractivity contribution < 1.29 is 9.59 Å². The number of carbonyl (C=O) groups is 2. The highest BCUT2D eigenvalue weighted by molar-refractivity contribution is 5.79. The summed E-state index contributed by atoms with van der Waals surface area (Å²) in [5.41, 5.74) is 0. The van der Waals surface area contributed by atoms with E-state index in [0.717, 1.165) is 31.6 Å². The highest BCUT2D eigenvalue weighted by Gasteiger charge is 2.23. The van der Waals surface area contributed by atoms with E-state index in [1.54, 1.807) is 0 Å². The predicted molar refractivity (Wildman–Crippen MR) is 88.3 cm³/mol. The minimum Gasteiger partial charge on any atom is -0.354 e. The second-order valence-electron chi connectivity index (χ2n) is 7.31. The Kier molecular flexibility index (Phi) is 7.20. The number of amides is 2. The van der Waals surface area contributed by atoms with Gasteiger partial charge in [0.1, 0.15) is 0 Å². The topological polar surface area (TPSA) is 58.2 Å². The van der Waals surface area contributed by atoms with Gasteiger partial charge in [-0.3, -0.25) is 9.59 Å². The molecule has 0 bridgehead atoms. The van der Waals surface area contributed by atoms with Gasteiger partial charge in [-0.1, -0.05) is 26.2 Å². The molecule has 2 fully saturated rings. The third kappa shape index (κ3) is 5.98. The molecule has 2 aliphatic carbocycles. The van der Waals surface area contributed by atoms with Gasteiger partial charge in [0.25, 0.3) is 0 Å². The maximum absolute atomic E-state index is 12.0. The Morgan fingerprint density at radius 1 is 0.864 bits per heavy atom. The molecule has 2 rings (SSSR count). The number of rotatable bonds is 6. The number of nitrogens with one attached hydrogen (secondary N) is 2. The zero-order valence-electron chi connectivity index (χ0n) is 14.0. The van der Waals surface area contributed by atoms with Gasteiger partial charge in [0, 0.05) is 25.4 Å². The molecule has 0 unspecified atom stereocenters. The summed E-state index contributed by atoms with van der Waals surface area (Å²) >= 11 is 0. The second kappa shape index (κ2) is 9.16. The van der Waals surface area contributed by atoms with Crippen molar-refractivity contribution in [3.8, 4) is 0 Å². The Bertz CT molecular complexity index is 356. The van der Waals surface area contributed by atoms with Gasteiger partial charge in [0.15, 0.2) is 0 Å². The molecule has 0 aromatic heterocycles. The van der Waals surface area contributed by atoms with Crippen molar-refractivity contribution in [2.24, 2.45) is 17.8 Å². The number of hydrogen-bond acceptors (Lipinski definition) is 2. The predicted octanol–water partition coefficient (Wildman–Crippen LogP) is 3.02.